The van der Waals surface area contributed by atoms with Crippen LogP contribution in [0.15, 0.2) is 0 Å². The number of carbonyl (C=O) groups is 1. The molecule has 2 aliphatic rings. The highest BCUT2D eigenvalue weighted by molar-refractivity contribution is 7.99. The molecule has 2 aliphatic heterocycles. The van der Waals surface area contributed by atoms with Gasteiger partial charge in [-0.3, -0.25) is 10.1 Å². The smallest absolute Gasteiger partial charge is 0.240 e. The summed E-state index contributed by atoms with van der Waals surface area (Å²) in [6.45, 7) is 1.62. The SMILES string of the molecule is Cl.NC1CCCN(C(=O)C2CSCN2)C1. The van der Waals surface area contributed by atoms with Crippen LogP contribution in [0.5, 0.6) is 0 Å². The zero-order valence-electron chi connectivity index (χ0n) is 8.65. The monoisotopic (exact) mass is 251 g/mol. The summed E-state index contributed by atoms with van der Waals surface area (Å²) < 4.78 is 0. The van der Waals surface area contributed by atoms with Crippen molar-refractivity contribution in [2.45, 2.75) is 24.9 Å². The fraction of sp³-hybridized carbons (Fsp3) is 0.889. The summed E-state index contributed by atoms with van der Waals surface area (Å²) in [5, 5.41) is 3.20. The Hall–Kier alpha value is 0.0300. The summed E-state index contributed by atoms with van der Waals surface area (Å²) in [4.78, 5) is 13.9. The van der Waals surface area contributed by atoms with Gasteiger partial charge < -0.3 is 10.6 Å². The summed E-state index contributed by atoms with van der Waals surface area (Å²) >= 11 is 1.79. The molecule has 2 unspecified atom stereocenters. The third-order valence-electron chi connectivity index (χ3n) is 2.78. The Morgan fingerprint density at radius 3 is 2.93 bits per heavy atom. The molecule has 2 saturated heterocycles. The number of nitrogens with zero attached hydrogens (tertiary/aromatic N) is 1. The van der Waals surface area contributed by atoms with Crippen molar-refractivity contribution >= 4 is 30.1 Å². The predicted octanol–water partition coefficient (Wildman–Crippen LogP) is 0.0204. The van der Waals surface area contributed by atoms with Crippen LogP contribution in [-0.2, 0) is 4.79 Å². The third kappa shape index (κ3) is 3.24. The number of hydrogen-bond acceptors (Lipinski definition) is 4. The van der Waals surface area contributed by atoms with Gasteiger partial charge in [0.1, 0.15) is 0 Å². The second-order valence-electron chi connectivity index (χ2n) is 3.96. The average Bonchev–Trinajstić information content (AvgIpc) is 2.69. The number of halogens is 1. The summed E-state index contributed by atoms with van der Waals surface area (Å²) in [5.74, 6) is 2.05. The van der Waals surface area contributed by atoms with Crippen molar-refractivity contribution in [1.82, 2.24) is 10.2 Å². The summed E-state index contributed by atoms with van der Waals surface area (Å²) in [7, 11) is 0. The molecule has 15 heavy (non-hydrogen) atoms. The van der Waals surface area contributed by atoms with Gasteiger partial charge in [-0.2, -0.15) is 0 Å². The van der Waals surface area contributed by atoms with Gasteiger partial charge in [-0.05, 0) is 12.8 Å². The zero-order valence-corrected chi connectivity index (χ0v) is 10.3. The predicted molar refractivity (Wildman–Crippen MR) is 65.3 cm³/mol. The number of nitrogens with one attached hydrogen (secondary N) is 1. The van der Waals surface area contributed by atoms with E-state index in [1.165, 1.54) is 0 Å². The lowest BCUT2D eigenvalue weighted by atomic mass is 10.1. The number of hydrogen-bond donors (Lipinski definition) is 2. The Labute approximate surface area is 101 Å². The van der Waals surface area contributed by atoms with E-state index in [0.29, 0.717) is 0 Å². The molecule has 0 spiro atoms. The van der Waals surface area contributed by atoms with E-state index >= 15 is 0 Å². The van der Waals surface area contributed by atoms with E-state index in [2.05, 4.69) is 5.32 Å². The lowest BCUT2D eigenvalue weighted by Gasteiger charge is -2.32. The van der Waals surface area contributed by atoms with Gasteiger partial charge >= 0.3 is 0 Å². The Bertz CT molecular complexity index is 223. The fourth-order valence-corrected chi connectivity index (χ4v) is 2.92. The van der Waals surface area contributed by atoms with Gasteiger partial charge in [-0.1, -0.05) is 0 Å². The van der Waals surface area contributed by atoms with Crippen molar-refractivity contribution in [1.29, 1.82) is 0 Å². The minimum atomic E-state index is 0. The molecule has 2 heterocycles. The first kappa shape index (κ1) is 13.1. The second kappa shape index (κ2) is 5.94. The Morgan fingerprint density at radius 1 is 1.53 bits per heavy atom. The van der Waals surface area contributed by atoms with E-state index in [1.807, 2.05) is 4.90 Å². The lowest BCUT2D eigenvalue weighted by Crippen LogP contribution is -2.51. The molecule has 0 aromatic rings. The van der Waals surface area contributed by atoms with Gasteiger partial charge in [0.2, 0.25) is 5.91 Å². The van der Waals surface area contributed by atoms with Crippen LogP contribution in [0.2, 0.25) is 0 Å². The van der Waals surface area contributed by atoms with Gasteiger partial charge in [-0.25, -0.2) is 0 Å². The molecule has 3 N–H and O–H groups in total. The summed E-state index contributed by atoms with van der Waals surface area (Å²) in [5.41, 5.74) is 5.84. The molecule has 4 nitrogen and oxygen atoms in total. The highest BCUT2D eigenvalue weighted by atomic mass is 35.5. The normalized spacial score (nSPS) is 31.1. The molecular formula is C9H18ClN3OS. The maximum Gasteiger partial charge on any atom is 0.240 e. The molecule has 2 rings (SSSR count). The quantitative estimate of drug-likeness (QED) is 0.690. The Morgan fingerprint density at radius 2 is 2.33 bits per heavy atom. The number of likely N-dealkylation sites (tertiary alicyclic amines) is 1. The van der Waals surface area contributed by atoms with E-state index in [9.17, 15) is 4.79 Å². The maximum atomic E-state index is 11.9. The maximum absolute atomic E-state index is 11.9. The van der Waals surface area contributed by atoms with Crippen molar-refractivity contribution in [3.63, 3.8) is 0 Å². The highest BCUT2D eigenvalue weighted by Gasteiger charge is 2.29. The van der Waals surface area contributed by atoms with Gasteiger partial charge in [-0.15, -0.1) is 24.2 Å². The number of rotatable bonds is 1. The number of amides is 1. The van der Waals surface area contributed by atoms with Gasteiger partial charge in [0.05, 0.1) is 6.04 Å². The number of carbonyl (C=O) groups excluding carboxylic acids is 1. The Kier molecular flexibility index (Phi) is 5.18. The number of thioether (sulfide) groups is 1. The first-order valence-corrected chi connectivity index (χ1v) is 6.28. The van der Waals surface area contributed by atoms with E-state index in [0.717, 1.165) is 37.6 Å². The van der Waals surface area contributed by atoms with E-state index in [4.69, 9.17) is 5.73 Å². The van der Waals surface area contributed by atoms with Crippen molar-refractivity contribution in [3.05, 3.63) is 0 Å². The van der Waals surface area contributed by atoms with Crippen molar-refractivity contribution in [2.24, 2.45) is 5.73 Å². The molecule has 0 bridgehead atoms. The van der Waals surface area contributed by atoms with Gasteiger partial charge in [0.15, 0.2) is 0 Å². The van der Waals surface area contributed by atoms with Crippen molar-refractivity contribution in [2.75, 3.05) is 24.7 Å². The fourth-order valence-electron chi connectivity index (χ4n) is 1.98. The molecule has 88 valence electrons. The van der Waals surface area contributed by atoms with Crippen LogP contribution in [0.4, 0.5) is 0 Å². The van der Waals surface area contributed by atoms with Crippen LogP contribution < -0.4 is 11.1 Å². The van der Waals surface area contributed by atoms with Crippen LogP contribution >= 0.6 is 24.2 Å². The molecule has 0 saturated carbocycles. The zero-order chi connectivity index (χ0) is 9.97. The van der Waals surface area contributed by atoms with E-state index < -0.39 is 0 Å². The van der Waals surface area contributed by atoms with E-state index in [-0.39, 0.29) is 30.4 Å². The molecule has 0 radical (unpaired) electrons. The molecule has 0 aliphatic carbocycles. The molecule has 0 aromatic heterocycles. The largest absolute Gasteiger partial charge is 0.340 e. The molecule has 6 heteroatoms. The molecule has 2 fully saturated rings. The molecular weight excluding hydrogens is 234 g/mol. The van der Waals surface area contributed by atoms with Crippen molar-refractivity contribution < 1.29 is 4.79 Å². The number of piperidine rings is 1. The van der Waals surface area contributed by atoms with Crippen LogP contribution in [0, 0.1) is 0 Å². The minimum Gasteiger partial charge on any atom is -0.340 e. The minimum absolute atomic E-state index is 0. The standard InChI is InChI=1S/C9H17N3OS.ClH/c10-7-2-1-3-12(4-7)9(13)8-5-14-6-11-8;/h7-8,11H,1-6,10H2;1H. The third-order valence-corrected chi connectivity index (χ3v) is 3.72. The van der Waals surface area contributed by atoms with Crippen LogP contribution in [0.3, 0.4) is 0 Å². The van der Waals surface area contributed by atoms with Gasteiger partial charge in [0.25, 0.3) is 0 Å². The highest BCUT2D eigenvalue weighted by Crippen LogP contribution is 2.15. The summed E-state index contributed by atoms with van der Waals surface area (Å²) in [6, 6.07) is 0.215. The van der Waals surface area contributed by atoms with Crippen LogP contribution in [-0.4, -0.2) is 47.6 Å². The topological polar surface area (TPSA) is 58.4 Å². The number of nitrogens with two attached hydrogens (primary N) is 1. The van der Waals surface area contributed by atoms with Crippen LogP contribution in [0.25, 0.3) is 0 Å². The molecule has 1 amide bonds. The first-order valence-electron chi connectivity index (χ1n) is 5.13. The average molecular weight is 252 g/mol. The second-order valence-corrected chi connectivity index (χ2v) is 4.99. The first-order chi connectivity index (χ1) is 6.77. The Balaban J connectivity index is 0.00000112. The van der Waals surface area contributed by atoms with Gasteiger partial charge in [0, 0.05) is 30.8 Å². The lowest BCUT2D eigenvalue weighted by molar-refractivity contribution is -0.133. The molecule has 0 aromatic carbocycles. The summed E-state index contributed by atoms with van der Waals surface area (Å²) in [6.07, 6.45) is 2.10. The van der Waals surface area contributed by atoms with Crippen molar-refractivity contribution in [3.8, 4) is 0 Å². The van der Waals surface area contributed by atoms with E-state index in [1.54, 1.807) is 11.8 Å². The van der Waals surface area contributed by atoms with Crippen LogP contribution in [0.1, 0.15) is 12.8 Å². The molecule has 2 atom stereocenters.